The summed E-state index contributed by atoms with van der Waals surface area (Å²) >= 11 is 18.3. The molecular weight excluding hydrogens is 359 g/mol. The van der Waals surface area contributed by atoms with Gasteiger partial charge in [0.1, 0.15) is 6.17 Å². The van der Waals surface area contributed by atoms with E-state index in [0.717, 1.165) is 5.56 Å². The lowest BCUT2D eigenvalue weighted by molar-refractivity contribution is -0.125. The van der Waals surface area contributed by atoms with Crippen molar-refractivity contribution in [3.8, 4) is 0 Å². The highest BCUT2D eigenvalue weighted by atomic mass is 35.6. The molecule has 0 radical (unpaired) electrons. The third-order valence-corrected chi connectivity index (χ3v) is 4.25. The third kappa shape index (κ3) is 5.80. The summed E-state index contributed by atoms with van der Waals surface area (Å²) < 4.78 is 4.07. The number of ether oxygens (including phenoxy) is 1. The predicted molar refractivity (Wildman–Crippen MR) is 93.9 cm³/mol. The molecule has 4 nitrogen and oxygen atoms in total. The number of alkyl halides is 3. The molecule has 0 bridgehead atoms. The smallest absolute Gasteiger partial charge is 0.225 e. The lowest BCUT2D eigenvalue weighted by atomic mass is 10.1. The van der Waals surface area contributed by atoms with Gasteiger partial charge in [-0.05, 0) is 19.4 Å². The molecule has 0 aliphatic carbocycles. The number of benzene rings is 1. The van der Waals surface area contributed by atoms with E-state index >= 15 is 0 Å². The second-order valence-electron chi connectivity index (χ2n) is 5.89. The number of rotatable bonds is 4. The highest BCUT2D eigenvalue weighted by Crippen LogP contribution is 2.33. The second-order valence-corrected chi connectivity index (χ2v) is 8.25. The molecule has 1 aromatic rings. The summed E-state index contributed by atoms with van der Waals surface area (Å²) in [5.74, 6) is -0.181. The fourth-order valence-corrected chi connectivity index (χ4v) is 3.37. The molecule has 0 spiro atoms. The van der Waals surface area contributed by atoms with Crippen LogP contribution in [0, 0.1) is 0 Å². The summed E-state index contributed by atoms with van der Waals surface area (Å²) in [4.78, 5) is 14.3. The number of morpholine rings is 1. The Kier molecular flexibility index (Phi) is 6.57. The quantitative estimate of drug-likeness (QED) is 0.817. The monoisotopic (exact) mass is 378 g/mol. The zero-order chi connectivity index (χ0) is 17.0. The summed E-state index contributed by atoms with van der Waals surface area (Å²) in [6.45, 7) is 5.11. The van der Waals surface area contributed by atoms with Crippen molar-refractivity contribution in [2.24, 2.45) is 0 Å². The molecule has 1 N–H and O–H groups in total. The molecule has 128 valence electrons. The molecule has 1 saturated heterocycles. The summed E-state index contributed by atoms with van der Waals surface area (Å²) in [5.41, 5.74) is 0.914. The Morgan fingerprint density at radius 2 is 1.83 bits per heavy atom. The van der Waals surface area contributed by atoms with Gasteiger partial charge in [-0.1, -0.05) is 65.1 Å². The van der Waals surface area contributed by atoms with Crippen LogP contribution in [0.5, 0.6) is 0 Å². The van der Waals surface area contributed by atoms with Gasteiger partial charge in [-0.3, -0.25) is 9.69 Å². The van der Waals surface area contributed by atoms with E-state index in [4.69, 9.17) is 39.5 Å². The van der Waals surface area contributed by atoms with Crippen LogP contribution in [0.25, 0.3) is 0 Å². The number of halogens is 3. The Morgan fingerprint density at radius 3 is 2.35 bits per heavy atom. The van der Waals surface area contributed by atoms with Gasteiger partial charge in [0.05, 0.1) is 18.6 Å². The van der Waals surface area contributed by atoms with Crippen molar-refractivity contribution in [2.75, 3.05) is 13.1 Å². The first kappa shape index (κ1) is 18.8. The molecule has 1 aliphatic heterocycles. The summed E-state index contributed by atoms with van der Waals surface area (Å²) in [5, 5.41) is 2.85. The molecular formula is C16H21Cl3N2O2. The average molecular weight is 380 g/mol. The van der Waals surface area contributed by atoms with Crippen LogP contribution in [0.3, 0.4) is 0 Å². The standard InChI is InChI=1S/C16H21Cl3N2O2/c1-11-9-21(10-12(2)23-11)15(16(17,18)19)20-14(22)8-13-6-4-3-5-7-13/h3-7,11-12,15H,8-10H2,1-2H3,(H,20,22)/t11-,12+,15-/m0/s1. The molecule has 1 aromatic carbocycles. The lowest BCUT2D eigenvalue weighted by Gasteiger charge is -2.42. The topological polar surface area (TPSA) is 41.6 Å². The van der Waals surface area contributed by atoms with Crippen LogP contribution in [-0.2, 0) is 16.0 Å². The zero-order valence-electron chi connectivity index (χ0n) is 13.1. The minimum absolute atomic E-state index is 0.0135. The molecule has 23 heavy (non-hydrogen) atoms. The minimum atomic E-state index is -1.62. The van der Waals surface area contributed by atoms with Crippen molar-refractivity contribution < 1.29 is 9.53 Å². The van der Waals surface area contributed by atoms with E-state index in [1.165, 1.54) is 0 Å². The van der Waals surface area contributed by atoms with Gasteiger partial charge in [-0.15, -0.1) is 0 Å². The number of amides is 1. The largest absolute Gasteiger partial charge is 0.373 e. The van der Waals surface area contributed by atoms with E-state index in [-0.39, 0.29) is 24.5 Å². The van der Waals surface area contributed by atoms with Gasteiger partial charge >= 0.3 is 0 Å². The zero-order valence-corrected chi connectivity index (χ0v) is 15.4. The van der Waals surface area contributed by atoms with Crippen molar-refractivity contribution in [1.82, 2.24) is 10.2 Å². The number of hydrogen-bond donors (Lipinski definition) is 1. The number of carbonyl (C=O) groups is 1. The van der Waals surface area contributed by atoms with Gasteiger partial charge in [-0.2, -0.15) is 0 Å². The van der Waals surface area contributed by atoms with Crippen molar-refractivity contribution in [2.45, 2.75) is 42.4 Å². The van der Waals surface area contributed by atoms with Crippen LogP contribution in [0.4, 0.5) is 0 Å². The van der Waals surface area contributed by atoms with Crippen molar-refractivity contribution in [1.29, 1.82) is 0 Å². The van der Waals surface area contributed by atoms with Gasteiger partial charge in [0, 0.05) is 13.1 Å². The first-order chi connectivity index (χ1) is 10.8. The summed E-state index contributed by atoms with van der Waals surface area (Å²) in [7, 11) is 0. The second kappa shape index (κ2) is 8.04. The maximum Gasteiger partial charge on any atom is 0.225 e. The normalized spacial score (nSPS) is 24.2. The van der Waals surface area contributed by atoms with Gasteiger partial charge < -0.3 is 10.1 Å². The van der Waals surface area contributed by atoms with E-state index < -0.39 is 9.96 Å². The molecule has 3 atom stereocenters. The van der Waals surface area contributed by atoms with Crippen molar-refractivity contribution in [3.05, 3.63) is 35.9 Å². The average Bonchev–Trinajstić information content (AvgIpc) is 2.43. The number of nitrogens with zero attached hydrogens (tertiary/aromatic N) is 1. The summed E-state index contributed by atoms with van der Waals surface area (Å²) in [6.07, 6.45) is -0.426. The Labute approximate surface area is 152 Å². The van der Waals surface area contributed by atoms with Crippen LogP contribution in [0.1, 0.15) is 19.4 Å². The number of nitrogens with one attached hydrogen (secondary N) is 1. The Bertz CT molecular complexity index is 512. The molecule has 1 fully saturated rings. The van der Waals surface area contributed by atoms with Crippen molar-refractivity contribution >= 4 is 40.7 Å². The van der Waals surface area contributed by atoms with E-state index in [2.05, 4.69) is 5.32 Å². The molecule has 1 aliphatic rings. The van der Waals surface area contributed by atoms with Gasteiger partial charge in [-0.25, -0.2) is 0 Å². The Balaban J connectivity index is 2.05. The number of carbonyl (C=O) groups excluding carboxylic acids is 1. The maximum atomic E-state index is 12.3. The van der Waals surface area contributed by atoms with Crippen LogP contribution in [0.15, 0.2) is 30.3 Å². The highest BCUT2D eigenvalue weighted by Gasteiger charge is 2.41. The van der Waals surface area contributed by atoms with Crippen molar-refractivity contribution in [3.63, 3.8) is 0 Å². The highest BCUT2D eigenvalue weighted by molar-refractivity contribution is 6.68. The van der Waals surface area contributed by atoms with E-state index in [1.807, 2.05) is 49.1 Å². The number of hydrogen-bond acceptors (Lipinski definition) is 3. The Morgan fingerprint density at radius 1 is 1.26 bits per heavy atom. The Hall–Kier alpha value is -0.520. The maximum absolute atomic E-state index is 12.3. The van der Waals surface area contributed by atoms with E-state index in [1.54, 1.807) is 0 Å². The fraction of sp³-hybridized carbons (Fsp3) is 0.562. The van der Waals surface area contributed by atoms with Crippen LogP contribution >= 0.6 is 34.8 Å². The first-order valence-electron chi connectivity index (χ1n) is 7.55. The molecule has 0 unspecified atom stereocenters. The first-order valence-corrected chi connectivity index (χ1v) is 8.68. The molecule has 0 saturated carbocycles. The van der Waals surface area contributed by atoms with Gasteiger partial charge in [0.2, 0.25) is 9.70 Å². The van der Waals surface area contributed by atoms with Crippen LogP contribution in [0.2, 0.25) is 0 Å². The molecule has 2 rings (SSSR count). The van der Waals surface area contributed by atoms with Gasteiger partial charge in [0.25, 0.3) is 0 Å². The van der Waals surface area contributed by atoms with E-state index in [9.17, 15) is 4.79 Å². The van der Waals surface area contributed by atoms with E-state index in [0.29, 0.717) is 13.1 Å². The lowest BCUT2D eigenvalue weighted by Crippen LogP contribution is -2.61. The van der Waals surface area contributed by atoms with Gasteiger partial charge in [0.15, 0.2) is 0 Å². The van der Waals surface area contributed by atoms with Crippen LogP contribution < -0.4 is 5.32 Å². The SMILES string of the molecule is C[C@@H]1CN([C@H](NC(=O)Cc2ccccc2)C(Cl)(Cl)Cl)C[C@H](C)O1. The molecule has 7 heteroatoms. The molecule has 1 amide bonds. The minimum Gasteiger partial charge on any atom is -0.373 e. The third-order valence-electron chi connectivity index (χ3n) is 3.63. The molecule has 1 heterocycles. The summed E-state index contributed by atoms with van der Waals surface area (Å²) in [6, 6.07) is 9.47. The molecule has 0 aromatic heterocycles. The van der Waals surface area contributed by atoms with Crippen LogP contribution in [-0.4, -0.2) is 46.1 Å². The predicted octanol–water partition coefficient (Wildman–Crippen LogP) is 3.15. The fourth-order valence-electron chi connectivity index (χ4n) is 2.79.